The van der Waals surface area contributed by atoms with Crippen LogP contribution < -0.4 is 14.8 Å². The molecule has 0 bridgehead atoms. The maximum Gasteiger partial charge on any atom is 0.243 e. The minimum Gasteiger partial charge on any atom is -0.490 e. The number of rotatable bonds is 6. The van der Waals surface area contributed by atoms with Gasteiger partial charge in [0.05, 0.1) is 18.1 Å². The first-order valence-corrected chi connectivity index (χ1v) is 11.0. The summed E-state index contributed by atoms with van der Waals surface area (Å²) >= 11 is 0. The van der Waals surface area contributed by atoms with Gasteiger partial charge in [-0.2, -0.15) is 4.31 Å². The van der Waals surface area contributed by atoms with Crippen molar-refractivity contribution in [2.75, 3.05) is 19.8 Å². The molecule has 2 aliphatic rings. The van der Waals surface area contributed by atoms with E-state index in [2.05, 4.69) is 10.3 Å². The number of carbonyl (C=O) groups excluding carboxylic acids is 1. The average molecular weight is 417 g/mol. The second-order valence-corrected chi connectivity index (χ2v) is 9.05. The molecule has 1 N–H and O–H groups in total. The molecule has 1 atom stereocenters. The molecule has 2 aromatic rings. The molecular weight excluding hydrogens is 394 g/mol. The predicted octanol–water partition coefficient (Wildman–Crippen LogP) is 1.71. The Morgan fingerprint density at radius 1 is 1.10 bits per heavy atom. The molecule has 8 nitrogen and oxygen atoms in total. The summed E-state index contributed by atoms with van der Waals surface area (Å²) in [5, 5.41) is 2.85. The fourth-order valence-electron chi connectivity index (χ4n) is 3.45. The molecule has 9 heteroatoms. The van der Waals surface area contributed by atoms with Crippen LogP contribution in [0.1, 0.15) is 24.8 Å². The average Bonchev–Trinajstić information content (AvgIpc) is 2.99. The van der Waals surface area contributed by atoms with Gasteiger partial charge in [0.1, 0.15) is 0 Å². The third-order valence-corrected chi connectivity index (χ3v) is 6.78. The molecule has 1 amide bonds. The van der Waals surface area contributed by atoms with Gasteiger partial charge in [-0.3, -0.25) is 9.78 Å². The Hall–Kier alpha value is -2.65. The van der Waals surface area contributed by atoms with Crippen LogP contribution in [0.3, 0.4) is 0 Å². The molecule has 4 rings (SSSR count). The van der Waals surface area contributed by atoms with Crippen LogP contribution in [0.15, 0.2) is 47.6 Å². The number of benzene rings is 1. The van der Waals surface area contributed by atoms with Gasteiger partial charge in [-0.25, -0.2) is 8.42 Å². The molecule has 1 saturated heterocycles. The zero-order chi connectivity index (χ0) is 20.3. The first-order valence-electron chi connectivity index (χ1n) is 9.60. The van der Waals surface area contributed by atoms with Crippen LogP contribution in [0, 0.1) is 0 Å². The van der Waals surface area contributed by atoms with E-state index in [-0.39, 0.29) is 29.9 Å². The summed E-state index contributed by atoms with van der Waals surface area (Å²) < 4.78 is 39.6. The fraction of sp³-hybridized carbons (Fsp3) is 0.400. The Morgan fingerprint density at radius 2 is 1.86 bits per heavy atom. The van der Waals surface area contributed by atoms with E-state index >= 15 is 0 Å². The van der Waals surface area contributed by atoms with Crippen LogP contribution in [0.2, 0.25) is 0 Å². The molecule has 0 aliphatic carbocycles. The van der Waals surface area contributed by atoms with Crippen LogP contribution in [-0.4, -0.2) is 49.4 Å². The standard InChI is InChI=1S/C20H23N3O5S/c24-20-5-2-16(22-20)14-23(13-15-6-8-21-9-7-15)29(25,26)17-3-4-18-19(12-17)28-11-1-10-27-18/h3-4,6-9,12,16H,1-2,5,10-11,13-14H2,(H,22,24)/t16-/m0/s1. The van der Waals surface area contributed by atoms with E-state index in [9.17, 15) is 13.2 Å². The minimum absolute atomic E-state index is 0.0492. The van der Waals surface area contributed by atoms with Crippen molar-refractivity contribution in [2.24, 2.45) is 0 Å². The number of sulfonamides is 1. The molecule has 0 spiro atoms. The van der Waals surface area contributed by atoms with Gasteiger partial charge in [0.25, 0.3) is 0 Å². The highest BCUT2D eigenvalue weighted by atomic mass is 32.2. The van der Waals surface area contributed by atoms with Gasteiger partial charge in [-0.15, -0.1) is 0 Å². The van der Waals surface area contributed by atoms with Crippen LogP contribution >= 0.6 is 0 Å². The smallest absolute Gasteiger partial charge is 0.243 e. The minimum atomic E-state index is -3.82. The van der Waals surface area contributed by atoms with Crippen molar-refractivity contribution in [3.63, 3.8) is 0 Å². The molecule has 1 aromatic carbocycles. The highest BCUT2D eigenvalue weighted by molar-refractivity contribution is 7.89. The highest BCUT2D eigenvalue weighted by Crippen LogP contribution is 2.33. The van der Waals surface area contributed by atoms with Crippen molar-refractivity contribution in [1.29, 1.82) is 0 Å². The summed E-state index contributed by atoms with van der Waals surface area (Å²) in [6.07, 6.45) is 5.03. The topological polar surface area (TPSA) is 97.8 Å². The molecular formula is C20H23N3O5S. The van der Waals surface area contributed by atoms with Gasteiger partial charge in [-0.1, -0.05) is 0 Å². The summed E-state index contributed by atoms with van der Waals surface area (Å²) in [6.45, 7) is 1.40. The van der Waals surface area contributed by atoms with Crippen LogP contribution in [0.5, 0.6) is 11.5 Å². The number of ether oxygens (including phenoxy) is 2. The number of aromatic nitrogens is 1. The van der Waals surface area contributed by atoms with Crippen LogP contribution in [0.4, 0.5) is 0 Å². The van der Waals surface area contributed by atoms with Gasteiger partial charge in [0, 0.05) is 50.4 Å². The number of amides is 1. The lowest BCUT2D eigenvalue weighted by Crippen LogP contribution is -2.41. The highest BCUT2D eigenvalue weighted by Gasteiger charge is 2.31. The lowest BCUT2D eigenvalue weighted by molar-refractivity contribution is -0.119. The third-order valence-electron chi connectivity index (χ3n) is 4.97. The molecule has 0 unspecified atom stereocenters. The summed E-state index contributed by atoms with van der Waals surface area (Å²) in [6, 6.07) is 8.04. The Balaban J connectivity index is 1.64. The van der Waals surface area contributed by atoms with Crippen molar-refractivity contribution in [2.45, 2.75) is 36.7 Å². The van der Waals surface area contributed by atoms with Crippen molar-refractivity contribution >= 4 is 15.9 Å². The molecule has 0 radical (unpaired) electrons. The second kappa shape index (κ2) is 8.38. The predicted molar refractivity (Wildman–Crippen MR) is 105 cm³/mol. The quantitative estimate of drug-likeness (QED) is 0.769. The van der Waals surface area contributed by atoms with E-state index in [1.165, 1.54) is 16.4 Å². The number of nitrogens with one attached hydrogen (secondary N) is 1. The molecule has 1 aromatic heterocycles. The molecule has 3 heterocycles. The second-order valence-electron chi connectivity index (χ2n) is 7.12. The first kappa shape index (κ1) is 19.7. The lowest BCUT2D eigenvalue weighted by atomic mass is 10.2. The SMILES string of the molecule is O=C1CC[C@@H](CN(Cc2ccncc2)S(=O)(=O)c2ccc3c(c2)OCCCO3)N1. The normalized spacial score (nSPS) is 19.1. The van der Waals surface area contributed by atoms with E-state index in [4.69, 9.17) is 9.47 Å². The Labute approximate surface area is 169 Å². The van der Waals surface area contributed by atoms with Gasteiger partial charge >= 0.3 is 0 Å². The van der Waals surface area contributed by atoms with Crippen LogP contribution in [-0.2, 0) is 21.4 Å². The zero-order valence-electron chi connectivity index (χ0n) is 15.9. The number of hydrogen-bond acceptors (Lipinski definition) is 6. The molecule has 1 fully saturated rings. The van der Waals surface area contributed by atoms with Crippen molar-refractivity contribution in [3.8, 4) is 11.5 Å². The van der Waals surface area contributed by atoms with Crippen molar-refractivity contribution < 1.29 is 22.7 Å². The maximum absolute atomic E-state index is 13.5. The number of fused-ring (bicyclic) bond motifs is 1. The van der Waals surface area contributed by atoms with E-state index in [0.29, 0.717) is 37.6 Å². The summed E-state index contributed by atoms with van der Waals surface area (Å²) in [5.41, 5.74) is 0.822. The molecule has 29 heavy (non-hydrogen) atoms. The van der Waals surface area contributed by atoms with E-state index in [1.807, 2.05) is 0 Å². The number of carbonyl (C=O) groups is 1. The van der Waals surface area contributed by atoms with Gasteiger partial charge < -0.3 is 14.8 Å². The summed E-state index contributed by atoms with van der Waals surface area (Å²) in [4.78, 5) is 15.7. The first-order chi connectivity index (χ1) is 14.0. The number of hydrogen-bond donors (Lipinski definition) is 1. The molecule has 154 valence electrons. The maximum atomic E-state index is 13.5. The summed E-state index contributed by atoms with van der Waals surface area (Å²) in [5.74, 6) is 0.929. The number of nitrogens with zero attached hydrogens (tertiary/aromatic N) is 2. The lowest BCUT2D eigenvalue weighted by Gasteiger charge is -2.25. The van der Waals surface area contributed by atoms with Gasteiger partial charge in [-0.05, 0) is 36.2 Å². The Kier molecular flexibility index (Phi) is 5.68. The van der Waals surface area contributed by atoms with E-state index < -0.39 is 10.0 Å². The monoisotopic (exact) mass is 417 g/mol. The van der Waals surface area contributed by atoms with E-state index in [0.717, 1.165) is 12.0 Å². The zero-order valence-corrected chi connectivity index (χ0v) is 16.7. The number of pyridine rings is 1. The van der Waals surface area contributed by atoms with Crippen molar-refractivity contribution in [3.05, 3.63) is 48.3 Å². The third kappa shape index (κ3) is 4.51. The van der Waals surface area contributed by atoms with Gasteiger partial charge in [0.15, 0.2) is 11.5 Å². The Bertz CT molecular complexity index is 981. The molecule has 2 aliphatic heterocycles. The fourth-order valence-corrected chi connectivity index (χ4v) is 4.94. The largest absolute Gasteiger partial charge is 0.490 e. The van der Waals surface area contributed by atoms with Crippen molar-refractivity contribution in [1.82, 2.24) is 14.6 Å². The van der Waals surface area contributed by atoms with Gasteiger partial charge in [0.2, 0.25) is 15.9 Å². The summed E-state index contributed by atoms with van der Waals surface area (Å²) in [7, 11) is -3.82. The molecule has 0 saturated carbocycles. The van der Waals surface area contributed by atoms with E-state index in [1.54, 1.807) is 30.6 Å². The Morgan fingerprint density at radius 3 is 2.59 bits per heavy atom. The van der Waals surface area contributed by atoms with Crippen LogP contribution in [0.25, 0.3) is 0 Å².